The van der Waals surface area contributed by atoms with Crippen LogP contribution in [0.4, 0.5) is 0 Å². The van der Waals surface area contributed by atoms with Crippen molar-refractivity contribution < 1.29 is 9.84 Å². The van der Waals surface area contributed by atoms with Gasteiger partial charge in [0.15, 0.2) is 0 Å². The summed E-state index contributed by atoms with van der Waals surface area (Å²) in [6.07, 6.45) is 3.02. The number of rotatable bonds is 6. The average Bonchev–Trinajstić information content (AvgIpc) is 2.93. The van der Waals surface area contributed by atoms with Crippen LogP contribution in [0, 0.1) is 0 Å². The van der Waals surface area contributed by atoms with E-state index in [-0.39, 0.29) is 6.61 Å². The molecular formula is C15H19BrN2O2. The molecule has 0 saturated heterocycles. The van der Waals surface area contributed by atoms with Crippen LogP contribution in [0.2, 0.25) is 0 Å². The van der Waals surface area contributed by atoms with Gasteiger partial charge in [-0.1, -0.05) is 22.9 Å². The van der Waals surface area contributed by atoms with Gasteiger partial charge in [0.1, 0.15) is 12.4 Å². The highest BCUT2D eigenvalue weighted by Crippen LogP contribution is 2.24. The maximum absolute atomic E-state index is 9.33. The van der Waals surface area contributed by atoms with Gasteiger partial charge in [0.2, 0.25) is 0 Å². The van der Waals surface area contributed by atoms with Crippen LogP contribution < -0.4 is 4.74 Å². The lowest BCUT2D eigenvalue weighted by Gasteiger charge is -2.10. The van der Waals surface area contributed by atoms with Crippen molar-refractivity contribution in [3.8, 4) is 5.75 Å². The maximum atomic E-state index is 9.33. The Kier molecular flexibility index (Phi) is 5.20. The highest BCUT2D eigenvalue weighted by molar-refractivity contribution is 9.10. The predicted octanol–water partition coefficient (Wildman–Crippen LogP) is 3.69. The minimum Gasteiger partial charge on any atom is -0.487 e. The number of hydrogen-bond acceptors (Lipinski definition) is 3. The third kappa shape index (κ3) is 3.61. The summed E-state index contributed by atoms with van der Waals surface area (Å²) < 4.78 is 8.62. The van der Waals surface area contributed by atoms with Crippen molar-refractivity contribution in [3.63, 3.8) is 0 Å². The van der Waals surface area contributed by atoms with Crippen molar-refractivity contribution in [1.29, 1.82) is 0 Å². The van der Waals surface area contributed by atoms with E-state index in [9.17, 15) is 5.11 Å². The van der Waals surface area contributed by atoms with E-state index < -0.39 is 0 Å². The SMILES string of the molecule is CCC(C)n1ccc(COc2ccc(Br)cc2CO)n1. The fourth-order valence-electron chi connectivity index (χ4n) is 1.85. The molecule has 0 aliphatic carbocycles. The van der Waals surface area contributed by atoms with E-state index in [1.165, 1.54) is 0 Å². The number of aromatic nitrogens is 2. The van der Waals surface area contributed by atoms with Crippen LogP contribution in [0.15, 0.2) is 34.9 Å². The minimum atomic E-state index is -0.0456. The molecule has 5 heteroatoms. The van der Waals surface area contributed by atoms with Gasteiger partial charge in [0, 0.05) is 22.3 Å². The van der Waals surface area contributed by atoms with Crippen LogP contribution in [-0.4, -0.2) is 14.9 Å². The monoisotopic (exact) mass is 338 g/mol. The second-order valence-electron chi connectivity index (χ2n) is 4.74. The second-order valence-corrected chi connectivity index (χ2v) is 5.66. The van der Waals surface area contributed by atoms with Gasteiger partial charge in [-0.3, -0.25) is 4.68 Å². The molecule has 0 saturated carbocycles. The lowest BCUT2D eigenvalue weighted by Crippen LogP contribution is -2.06. The molecule has 0 radical (unpaired) electrons. The Labute approximate surface area is 127 Å². The highest BCUT2D eigenvalue weighted by atomic mass is 79.9. The summed E-state index contributed by atoms with van der Waals surface area (Å²) in [6, 6.07) is 7.95. The number of nitrogens with zero attached hydrogens (tertiary/aromatic N) is 2. The fraction of sp³-hybridized carbons (Fsp3) is 0.400. The molecule has 1 aromatic heterocycles. The molecule has 0 fully saturated rings. The first-order chi connectivity index (χ1) is 9.63. The van der Waals surface area contributed by atoms with Crippen molar-refractivity contribution in [2.45, 2.75) is 39.5 Å². The van der Waals surface area contributed by atoms with Gasteiger partial charge in [-0.2, -0.15) is 5.10 Å². The normalized spacial score (nSPS) is 12.4. The van der Waals surface area contributed by atoms with E-state index in [1.54, 1.807) is 0 Å². The van der Waals surface area contributed by atoms with Crippen LogP contribution in [0.5, 0.6) is 5.75 Å². The Hall–Kier alpha value is -1.33. The fourth-order valence-corrected chi connectivity index (χ4v) is 2.26. The van der Waals surface area contributed by atoms with E-state index in [1.807, 2.05) is 35.1 Å². The van der Waals surface area contributed by atoms with Gasteiger partial charge in [-0.25, -0.2) is 0 Å². The summed E-state index contributed by atoms with van der Waals surface area (Å²) in [5.41, 5.74) is 1.65. The van der Waals surface area contributed by atoms with E-state index >= 15 is 0 Å². The van der Waals surface area contributed by atoms with E-state index in [0.717, 1.165) is 22.2 Å². The number of aliphatic hydroxyl groups is 1. The Morgan fingerprint density at radius 2 is 2.20 bits per heavy atom. The third-order valence-electron chi connectivity index (χ3n) is 3.27. The van der Waals surface area contributed by atoms with Crippen molar-refractivity contribution in [1.82, 2.24) is 9.78 Å². The zero-order chi connectivity index (χ0) is 14.5. The largest absolute Gasteiger partial charge is 0.487 e. The lowest BCUT2D eigenvalue weighted by atomic mass is 10.2. The minimum absolute atomic E-state index is 0.0456. The topological polar surface area (TPSA) is 47.3 Å². The summed E-state index contributed by atoms with van der Waals surface area (Å²) in [4.78, 5) is 0. The number of halogens is 1. The molecule has 0 bridgehead atoms. The first-order valence-corrected chi connectivity index (χ1v) is 7.49. The standard InChI is InChI=1S/C15H19BrN2O2/c1-3-11(2)18-7-6-14(17-18)10-20-15-5-4-13(16)8-12(15)9-19/h4-8,11,19H,3,9-10H2,1-2H3. The first kappa shape index (κ1) is 15.1. The van der Waals surface area contributed by atoms with Crippen LogP contribution in [-0.2, 0) is 13.2 Å². The molecule has 2 rings (SSSR count). The van der Waals surface area contributed by atoms with Gasteiger partial charge in [0.05, 0.1) is 12.3 Å². The van der Waals surface area contributed by atoms with Crippen molar-refractivity contribution in [3.05, 3.63) is 46.2 Å². The predicted molar refractivity (Wildman–Crippen MR) is 81.6 cm³/mol. The Morgan fingerprint density at radius 1 is 1.40 bits per heavy atom. The molecule has 0 aliphatic rings. The van der Waals surface area contributed by atoms with Gasteiger partial charge < -0.3 is 9.84 Å². The van der Waals surface area contributed by atoms with Crippen LogP contribution in [0.25, 0.3) is 0 Å². The summed E-state index contributed by atoms with van der Waals surface area (Å²) in [5.74, 6) is 0.689. The van der Waals surface area contributed by atoms with Crippen LogP contribution in [0.1, 0.15) is 37.6 Å². The number of benzene rings is 1. The summed E-state index contributed by atoms with van der Waals surface area (Å²) in [5, 5.41) is 13.8. The van der Waals surface area contributed by atoms with E-state index in [4.69, 9.17) is 4.74 Å². The first-order valence-electron chi connectivity index (χ1n) is 6.70. The van der Waals surface area contributed by atoms with Crippen LogP contribution in [0.3, 0.4) is 0 Å². The van der Waals surface area contributed by atoms with Gasteiger partial charge in [-0.15, -0.1) is 0 Å². The lowest BCUT2D eigenvalue weighted by molar-refractivity contribution is 0.256. The Bertz CT molecular complexity index is 569. The van der Waals surface area contributed by atoms with E-state index in [0.29, 0.717) is 18.4 Å². The molecule has 20 heavy (non-hydrogen) atoms. The number of aliphatic hydroxyl groups excluding tert-OH is 1. The molecule has 0 aliphatic heterocycles. The van der Waals surface area contributed by atoms with Gasteiger partial charge >= 0.3 is 0 Å². The smallest absolute Gasteiger partial charge is 0.132 e. The third-order valence-corrected chi connectivity index (χ3v) is 3.77. The molecular weight excluding hydrogens is 320 g/mol. The van der Waals surface area contributed by atoms with Crippen LogP contribution >= 0.6 is 15.9 Å². The molecule has 1 aromatic carbocycles. The number of hydrogen-bond donors (Lipinski definition) is 1. The molecule has 1 N–H and O–H groups in total. The molecule has 108 valence electrons. The Balaban J connectivity index is 2.03. The van der Waals surface area contributed by atoms with Crippen molar-refractivity contribution in [2.75, 3.05) is 0 Å². The maximum Gasteiger partial charge on any atom is 0.132 e. The molecule has 1 heterocycles. The molecule has 2 aromatic rings. The summed E-state index contributed by atoms with van der Waals surface area (Å²) in [6.45, 7) is 4.63. The average molecular weight is 339 g/mol. The zero-order valence-corrected chi connectivity index (χ0v) is 13.3. The molecule has 0 amide bonds. The quantitative estimate of drug-likeness (QED) is 0.873. The zero-order valence-electron chi connectivity index (χ0n) is 11.7. The molecule has 0 spiro atoms. The molecule has 1 unspecified atom stereocenters. The molecule has 1 atom stereocenters. The molecule has 4 nitrogen and oxygen atoms in total. The number of ether oxygens (including phenoxy) is 1. The van der Waals surface area contributed by atoms with E-state index in [2.05, 4.69) is 34.9 Å². The summed E-state index contributed by atoms with van der Waals surface area (Å²) in [7, 11) is 0. The highest BCUT2D eigenvalue weighted by Gasteiger charge is 2.07. The van der Waals surface area contributed by atoms with Crippen molar-refractivity contribution >= 4 is 15.9 Å². The Morgan fingerprint density at radius 3 is 2.90 bits per heavy atom. The van der Waals surface area contributed by atoms with Gasteiger partial charge in [-0.05, 0) is 37.6 Å². The second kappa shape index (κ2) is 6.90. The summed E-state index contributed by atoms with van der Waals surface area (Å²) >= 11 is 3.38. The van der Waals surface area contributed by atoms with Gasteiger partial charge in [0.25, 0.3) is 0 Å². The van der Waals surface area contributed by atoms with Crippen molar-refractivity contribution in [2.24, 2.45) is 0 Å².